The molecule has 20 heavy (non-hydrogen) atoms. The SMILES string of the molecule is O=C(CC1CNCCO1)NCc1ccc(CO)c(F)c1. The number of nitrogens with one attached hydrogen (secondary N) is 2. The van der Waals surface area contributed by atoms with Crippen LogP contribution in [0.15, 0.2) is 18.2 Å². The third kappa shape index (κ3) is 4.26. The number of aliphatic hydroxyl groups excluding tert-OH is 1. The van der Waals surface area contributed by atoms with Crippen molar-refractivity contribution in [3.8, 4) is 0 Å². The lowest BCUT2D eigenvalue weighted by molar-refractivity contribution is -0.124. The Morgan fingerprint density at radius 3 is 3.05 bits per heavy atom. The normalized spacial score (nSPS) is 18.8. The van der Waals surface area contributed by atoms with Crippen molar-refractivity contribution in [1.82, 2.24) is 10.6 Å². The van der Waals surface area contributed by atoms with Crippen LogP contribution in [-0.4, -0.2) is 36.8 Å². The zero-order valence-electron chi connectivity index (χ0n) is 11.2. The smallest absolute Gasteiger partial charge is 0.222 e. The molecule has 5 nitrogen and oxygen atoms in total. The number of carbonyl (C=O) groups excluding carboxylic acids is 1. The van der Waals surface area contributed by atoms with Crippen molar-refractivity contribution in [1.29, 1.82) is 0 Å². The number of hydrogen-bond acceptors (Lipinski definition) is 4. The Morgan fingerprint density at radius 2 is 2.40 bits per heavy atom. The number of ether oxygens (including phenoxy) is 1. The highest BCUT2D eigenvalue weighted by Crippen LogP contribution is 2.10. The van der Waals surface area contributed by atoms with Gasteiger partial charge in [-0.1, -0.05) is 12.1 Å². The molecule has 1 aromatic carbocycles. The summed E-state index contributed by atoms with van der Waals surface area (Å²) in [7, 11) is 0. The molecule has 0 aromatic heterocycles. The summed E-state index contributed by atoms with van der Waals surface area (Å²) in [6.45, 7) is 2.04. The quantitative estimate of drug-likeness (QED) is 0.727. The second-order valence-electron chi connectivity index (χ2n) is 4.76. The molecule has 0 saturated carbocycles. The highest BCUT2D eigenvalue weighted by Gasteiger charge is 2.17. The van der Waals surface area contributed by atoms with Crippen LogP contribution in [0.4, 0.5) is 4.39 Å². The van der Waals surface area contributed by atoms with Crippen LogP contribution in [-0.2, 0) is 22.7 Å². The average molecular weight is 282 g/mol. The van der Waals surface area contributed by atoms with Crippen molar-refractivity contribution < 1.29 is 19.0 Å². The molecule has 0 spiro atoms. The molecule has 1 fully saturated rings. The maximum absolute atomic E-state index is 13.4. The average Bonchev–Trinajstić information content (AvgIpc) is 2.46. The summed E-state index contributed by atoms with van der Waals surface area (Å²) >= 11 is 0. The Morgan fingerprint density at radius 1 is 1.55 bits per heavy atom. The molecule has 1 atom stereocenters. The predicted octanol–water partition coefficient (Wildman–Crippen LogP) is 0.313. The molecule has 1 saturated heterocycles. The fraction of sp³-hybridized carbons (Fsp3) is 0.500. The van der Waals surface area contributed by atoms with Gasteiger partial charge >= 0.3 is 0 Å². The largest absolute Gasteiger partial charge is 0.392 e. The summed E-state index contributed by atoms with van der Waals surface area (Å²) in [4.78, 5) is 11.7. The molecular weight excluding hydrogens is 263 g/mol. The fourth-order valence-electron chi connectivity index (χ4n) is 2.06. The molecule has 1 aliphatic rings. The first-order valence-corrected chi connectivity index (χ1v) is 6.66. The van der Waals surface area contributed by atoms with Crippen LogP contribution in [0.2, 0.25) is 0 Å². The minimum absolute atomic E-state index is 0.0998. The Labute approximate surface area is 117 Å². The van der Waals surface area contributed by atoms with Gasteiger partial charge < -0.3 is 20.5 Å². The third-order valence-corrected chi connectivity index (χ3v) is 3.19. The molecule has 0 bridgehead atoms. The van der Waals surface area contributed by atoms with Crippen LogP contribution < -0.4 is 10.6 Å². The van der Waals surface area contributed by atoms with Gasteiger partial charge in [-0.15, -0.1) is 0 Å². The number of rotatable bonds is 5. The van der Waals surface area contributed by atoms with E-state index in [1.165, 1.54) is 12.1 Å². The lowest BCUT2D eigenvalue weighted by Gasteiger charge is -2.23. The van der Waals surface area contributed by atoms with Gasteiger partial charge in [0.05, 0.1) is 25.7 Å². The summed E-state index contributed by atoms with van der Waals surface area (Å²) < 4.78 is 18.9. The Kier molecular flexibility index (Phi) is 5.46. The molecule has 2 rings (SSSR count). The summed E-state index contributed by atoms with van der Waals surface area (Å²) in [5.74, 6) is -0.579. The lowest BCUT2D eigenvalue weighted by atomic mass is 10.1. The van der Waals surface area contributed by atoms with Crippen LogP contribution in [0.5, 0.6) is 0 Å². The predicted molar refractivity (Wildman–Crippen MR) is 71.4 cm³/mol. The second-order valence-corrected chi connectivity index (χ2v) is 4.76. The topological polar surface area (TPSA) is 70.6 Å². The Bertz CT molecular complexity index is 462. The van der Waals surface area contributed by atoms with Crippen molar-refractivity contribution in [2.45, 2.75) is 25.7 Å². The molecule has 3 N–H and O–H groups in total. The minimum Gasteiger partial charge on any atom is -0.392 e. The maximum Gasteiger partial charge on any atom is 0.222 e. The van der Waals surface area contributed by atoms with Crippen molar-refractivity contribution in [2.24, 2.45) is 0 Å². The van der Waals surface area contributed by atoms with E-state index in [1.54, 1.807) is 6.07 Å². The monoisotopic (exact) mass is 282 g/mol. The number of carbonyl (C=O) groups is 1. The summed E-state index contributed by atoms with van der Waals surface area (Å²) in [5.41, 5.74) is 0.914. The molecule has 1 aromatic rings. The van der Waals surface area contributed by atoms with Crippen LogP contribution in [0, 0.1) is 5.82 Å². The van der Waals surface area contributed by atoms with Gasteiger partial charge in [-0.2, -0.15) is 0 Å². The van der Waals surface area contributed by atoms with Gasteiger partial charge in [0.1, 0.15) is 5.82 Å². The standard InChI is InChI=1S/C14H19FN2O3/c15-13-5-10(1-2-11(13)9-18)7-17-14(19)6-12-8-16-3-4-20-12/h1-2,5,12,16,18H,3-4,6-9H2,(H,17,19). The molecule has 0 radical (unpaired) electrons. The van der Waals surface area contributed by atoms with E-state index in [0.717, 1.165) is 6.54 Å². The third-order valence-electron chi connectivity index (χ3n) is 3.19. The molecule has 1 unspecified atom stereocenters. The zero-order valence-corrected chi connectivity index (χ0v) is 11.2. The first kappa shape index (κ1) is 14.9. The van der Waals surface area contributed by atoms with Gasteiger partial charge in [-0.25, -0.2) is 4.39 Å². The van der Waals surface area contributed by atoms with Crippen molar-refractivity contribution in [3.05, 3.63) is 35.1 Å². The van der Waals surface area contributed by atoms with E-state index in [0.29, 0.717) is 25.1 Å². The van der Waals surface area contributed by atoms with Gasteiger partial charge in [0.25, 0.3) is 0 Å². The highest BCUT2D eigenvalue weighted by molar-refractivity contribution is 5.76. The number of halogens is 1. The first-order valence-electron chi connectivity index (χ1n) is 6.66. The van der Waals surface area contributed by atoms with Crippen molar-refractivity contribution in [2.75, 3.05) is 19.7 Å². The second kappa shape index (κ2) is 7.33. The van der Waals surface area contributed by atoms with Gasteiger partial charge in [-0.3, -0.25) is 4.79 Å². The fourth-order valence-corrected chi connectivity index (χ4v) is 2.06. The van der Waals surface area contributed by atoms with E-state index < -0.39 is 5.82 Å². The van der Waals surface area contributed by atoms with E-state index in [4.69, 9.17) is 9.84 Å². The molecule has 110 valence electrons. The number of morpholine rings is 1. The lowest BCUT2D eigenvalue weighted by Crippen LogP contribution is -2.41. The molecule has 1 heterocycles. The number of hydrogen-bond donors (Lipinski definition) is 3. The van der Waals surface area contributed by atoms with E-state index in [-0.39, 0.29) is 30.7 Å². The van der Waals surface area contributed by atoms with Crippen LogP contribution in [0.25, 0.3) is 0 Å². The van der Waals surface area contributed by atoms with Crippen LogP contribution in [0.3, 0.4) is 0 Å². The minimum atomic E-state index is -0.459. The van der Waals surface area contributed by atoms with Crippen molar-refractivity contribution >= 4 is 5.91 Å². The van der Waals surface area contributed by atoms with Crippen LogP contribution in [0.1, 0.15) is 17.5 Å². The number of aliphatic hydroxyl groups is 1. The molecule has 1 amide bonds. The molecule has 6 heteroatoms. The number of benzene rings is 1. The van der Waals surface area contributed by atoms with E-state index in [9.17, 15) is 9.18 Å². The van der Waals surface area contributed by atoms with E-state index in [1.807, 2.05) is 0 Å². The zero-order chi connectivity index (χ0) is 14.4. The van der Waals surface area contributed by atoms with Crippen molar-refractivity contribution in [3.63, 3.8) is 0 Å². The van der Waals surface area contributed by atoms with E-state index >= 15 is 0 Å². The molecular formula is C14H19FN2O3. The first-order chi connectivity index (χ1) is 9.69. The van der Waals surface area contributed by atoms with E-state index in [2.05, 4.69) is 10.6 Å². The van der Waals surface area contributed by atoms with Gasteiger partial charge in [-0.05, 0) is 11.6 Å². The van der Waals surface area contributed by atoms with Gasteiger partial charge in [0.15, 0.2) is 0 Å². The Balaban J connectivity index is 1.79. The summed E-state index contributed by atoms with van der Waals surface area (Å²) in [6, 6.07) is 4.53. The summed E-state index contributed by atoms with van der Waals surface area (Å²) in [5, 5.41) is 14.8. The molecule has 0 aliphatic carbocycles. The maximum atomic E-state index is 13.4. The Hall–Kier alpha value is -1.50. The molecule has 1 aliphatic heterocycles. The number of amides is 1. The summed E-state index contributed by atoms with van der Waals surface area (Å²) in [6.07, 6.45) is 0.196. The van der Waals surface area contributed by atoms with Gasteiger partial charge in [0, 0.05) is 25.2 Å². The highest BCUT2D eigenvalue weighted by atomic mass is 19.1. The van der Waals surface area contributed by atoms with Gasteiger partial charge in [0.2, 0.25) is 5.91 Å². The van der Waals surface area contributed by atoms with Crippen LogP contribution >= 0.6 is 0 Å².